The van der Waals surface area contributed by atoms with Crippen LogP contribution in [0.2, 0.25) is 6.04 Å². The van der Waals surface area contributed by atoms with Gasteiger partial charge in [0.2, 0.25) is 0 Å². The third-order valence-electron chi connectivity index (χ3n) is 3.23. The molecule has 1 aliphatic rings. The van der Waals surface area contributed by atoms with Gasteiger partial charge in [0, 0.05) is 32.9 Å². The van der Waals surface area contributed by atoms with Gasteiger partial charge in [0.05, 0.1) is 12.9 Å². The van der Waals surface area contributed by atoms with Crippen molar-refractivity contribution in [2.45, 2.75) is 38.7 Å². The van der Waals surface area contributed by atoms with Gasteiger partial charge < -0.3 is 23.1 Å². The molecular formula is C15H28O6Si. The van der Waals surface area contributed by atoms with Gasteiger partial charge in [-0.3, -0.25) is 0 Å². The lowest BCUT2D eigenvalue weighted by atomic mass is 10.2. The minimum absolute atomic E-state index is 0.361. The molecule has 0 saturated carbocycles. The van der Waals surface area contributed by atoms with Gasteiger partial charge >= 0.3 is 14.8 Å². The van der Waals surface area contributed by atoms with E-state index in [-0.39, 0.29) is 0 Å². The molecule has 22 heavy (non-hydrogen) atoms. The number of hydrogen-bond acceptors (Lipinski definition) is 5. The van der Waals surface area contributed by atoms with Gasteiger partial charge in [-0.1, -0.05) is 6.08 Å². The molecule has 1 aliphatic heterocycles. The summed E-state index contributed by atoms with van der Waals surface area (Å²) in [6.07, 6.45) is 9.36. The van der Waals surface area contributed by atoms with E-state index < -0.39 is 14.8 Å². The first-order chi connectivity index (χ1) is 10.5. The number of unbranched alkanes of at least 4 members (excludes halogenated alkanes) is 1. The largest absolute Gasteiger partial charge is 0.502 e. The molecule has 128 valence electrons. The third-order valence-corrected chi connectivity index (χ3v) is 6.07. The predicted molar refractivity (Wildman–Crippen MR) is 86.5 cm³/mol. The Balaban J connectivity index is 0.000000604. The summed E-state index contributed by atoms with van der Waals surface area (Å²) in [4.78, 5) is 10.5. The molecular weight excluding hydrogens is 304 g/mol. The normalized spacial score (nSPS) is 14.8. The Morgan fingerprint density at radius 1 is 1.32 bits per heavy atom. The summed E-state index contributed by atoms with van der Waals surface area (Å²) >= 11 is 0. The number of carboxylic acid groups (broad SMARTS) is 1. The fraction of sp³-hybridized carbons (Fsp3) is 0.667. The van der Waals surface area contributed by atoms with Gasteiger partial charge in [0.25, 0.3) is 0 Å². The number of hydrogen-bond donors (Lipinski definition) is 1. The van der Waals surface area contributed by atoms with Crippen LogP contribution < -0.4 is 0 Å². The first-order valence-electron chi connectivity index (χ1n) is 7.33. The molecule has 1 N–H and O–H groups in total. The highest BCUT2D eigenvalue weighted by Gasteiger charge is 2.36. The molecule has 0 aliphatic carbocycles. The van der Waals surface area contributed by atoms with Gasteiger partial charge in [-0.2, -0.15) is 0 Å². The average molecular weight is 332 g/mol. The zero-order chi connectivity index (χ0) is 16.8. The van der Waals surface area contributed by atoms with Gasteiger partial charge in [-0.25, -0.2) is 4.79 Å². The number of carbonyl (C=O) groups is 1. The molecule has 0 spiro atoms. The Kier molecular flexibility index (Phi) is 11.7. The molecule has 7 heteroatoms. The van der Waals surface area contributed by atoms with Crippen molar-refractivity contribution < 1.29 is 27.9 Å². The minimum atomic E-state index is -2.49. The number of allylic oxidation sites excluding steroid dienone is 2. The topological polar surface area (TPSA) is 74.2 Å². The Hall–Kier alpha value is -1.15. The molecule has 0 aromatic carbocycles. The second kappa shape index (κ2) is 12.4. The molecule has 0 amide bonds. The van der Waals surface area contributed by atoms with Crippen molar-refractivity contribution in [3.63, 3.8) is 0 Å². The zero-order valence-corrected chi connectivity index (χ0v) is 15.0. The number of carboxylic acids is 1. The molecule has 1 heterocycles. The zero-order valence-electron chi connectivity index (χ0n) is 14.0. The van der Waals surface area contributed by atoms with Crippen LogP contribution in [0.4, 0.5) is 0 Å². The highest BCUT2D eigenvalue weighted by molar-refractivity contribution is 6.60. The van der Waals surface area contributed by atoms with Crippen molar-refractivity contribution in [1.82, 2.24) is 0 Å². The van der Waals surface area contributed by atoms with E-state index in [0.29, 0.717) is 18.0 Å². The molecule has 0 fully saturated rings. The fourth-order valence-electron chi connectivity index (χ4n) is 1.77. The lowest BCUT2D eigenvalue weighted by molar-refractivity contribution is -0.132. The number of aliphatic carboxylic acids is 1. The van der Waals surface area contributed by atoms with E-state index in [1.807, 2.05) is 6.08 Å². The minimum Gasteiger partial charge on any atom is -0.502 e. The lowest BCUT2D eigenvalue weighted by Crippen LogP contribution is -2.42. The van der Waals surface area contributed by atoms with Crippen molar-refractivity contribution in [2.24, 2.45) is 0 Å². The van der Waals surface area contributed by atoms with Crippen LogP contribution in [0.5, 0.6) is 0 Å². The Morgan fingerprint density at radius 2 is 1.95 bits per heavy atom. The monoisotopic (exact) mass is 332 g/mol. The quantitative estimate of drug-likeness (QED) is 0.418. The maximum absolute atomic E-state index is 10.5. The van der Waals surface area contributed by atoms with Crippen molar-refractivity contribution >= 4 is 14.8 Å². The Bertz CT molecular complexity index is 347. The Labute approximate surface area is 134 Å². The van der Waals surface area contributed by atoms with E-state index in [4.69, 9.17) is 23.1 Å². The summed E-state index contributed by atoms with van der Waals surface area (Å²) in [5.41, 5.74) is 0.361. The second-order valence-electron chi connectivity index (χ2n) is 4.76. The van der Waals surface area contributed by atoms with Crippen LogP contribution in [0.25, 0.3) is 0 Å². The van der Waals surface area contributed by atoms with E-state index in [0.717, 1.165) is 13.0 Å². The van der Waals surface area contributed by atoms with Gasteiger partial charge in [-0.15, -0.1) is 0 Å². The van der Waals surface area contributed by atoms with Crippen molar-refractivity contribution in [3.05, 3.63) is 24.0 Å². The van der Waals surface area contributed by atoms with Gasteiger partial charge in [0.1, 0.15) is 0 Å². The molecule has 6 nitrogen and oxygen atoms in total. The number of ether oxygens (including phenoxy) is 1. The maximum atomic E-state index is 10.5. The summed E-state index contributed by atoms with van der Waals surface area (Å²) in [5.74, 6) is -0.881. The summed E-state index contributed by atoms with van der Waals surface area (Å²) in [7, 11) is 2.21. The summed E-state index contributed by atoms with van der Waals surface area (Å²) < 4.78 is 20.6. The van der Waals surface area contributed by atoms with Gasteiger partial charge in [0.15, 0.2) is 0 Å². The van der Waals surface area contributed by atoms with E-state index in [1.165, 1.54) is 12.8 Å². The highest BCUT2D eigenvalue weighted by atomic mass is 28.4. The highest BCUT2D eigenvalue weighted by Crippen LogP contribution is 2.16. The fourth-order valence-corrected chi connectivity index (χ4v) is 3.52. The molecule has 0 atom stereocenters. The van der Waals surface area contributed by atoms with Crippen LogP contribution in [-0.2, 0) is 22.8 Å². The average Bonchev–Trinajstić information content (AvgIpc) is 2.57. The summed E-state index contributed by atoms with van der Waals surface area (Å²) in [5, 5.41) is 8.65. The molecule has 0 unspecified atom stereocenters. The SMILES string of the molecule is C1=COCCC1.CO[Si](CCCC=C(C)C(=O)O)(OC)OC. The van der Waals surface area contributed by atoms with Crippen LogP contribution >= 0.6 is 0 Å². The molecule has 0 aromatic rings. The van der Waals surface area contributed by atoms with Gasteiger partial charge in [-0.05, 0) is 38.7 Å². The van der Waals surface area contributed by atoms with E-state index in [2.05, 4.69) is 0 Å². The molecule has 0 radical (unpaired) electrons. The van der Waals surface area contributed by atoms with Crippen LogP contribution in [0.1, 0.15) is 32.6 Å². The van der Waals surface area contributed by atoms with Crippen LogP contribution in [-0.4, -0.2) is 47.8 Å². The molecule has 0 aromatic heterocycles. The lowest BCUT2D eigenvalue weighted by Gasteiger charge is -2.23. The predicted octanol–water partition coefficient (Wildman–Crippen LogP) is 2.99. The molecule has 0 bridgehead atoms. The number of rotatable bonds is 8. The van der Waals surface area contributed by atoms with Crippen LogP contribution in [0, 0.1) is 0 Å². The summed E-state index contributed by atoms with van der Waals surface area (Å²) in [6.45, 7) is 2.49. The Morgan fingerprint density at radius 3 is 2.27 bits per heavy atom. The maximum Gasteiger partial charge on any atom is 0.500 e. The van der Waals surface area contributed by atoms with Crippen LogP contribution in [0.3, 0.4) is 0 Å². The molecule has 0 saturated heterocycles. The third kappa shape index (κ3) is 8.99. The van der Waals surface area contributed by atoms with E-state index in [9.17, 15) is 4.79 Å². The van der Waals surface area contributed by atoms with Crippen LogP contribution in [0.15, 0.2) is 24.0 Å². The van der Waals surface area contributed by atoms with Crippen molar-refractivity contribution in [1.29, 1.82) is 0 Å². The molecule has 1 rings (SSSR count). The first-order valence-corrected chi connectivity index (χ1v) is 9.26. The van der Waals surface area contributed by atoms with E-state index >= 15 is 0 Å². The smallest absolute Gasteiger partial charge is 0.500 e. The second-order valence-corrected chi connectivity index (χ2v) is 7.86. The first kappa shape index (κ1) is 20.8. The van der Waals surface area contributed by atoms with Crippen molar-refractivity contribution in [3.8, 4) is 0 Å². The standard InChI is InChI=1S/C10H20O5Si.C5H8O/c1-9(10(11)12)7-5-6-8-16(13-2,14-3)15-4;1-2-4-6-5-3-1/h7H,5-6,8H2,1-4H3,(H,11,12);2,4H,1,3,5H2. The van der Waals surface area contributed by atoms with Crippen molar-refractivity contribution in [2.75, 3.05) is 27.9 Å². The summed E-state index contributed by atoms with van der Waals surface area (Å²) in [6, 6.07) is 0.680. The van der Waals surface area contributed by atoms with E-state index in [1.54, 1.807) is 40.6 Å².